The van der Waals surface area contributed by atoms with Gasteiger partial charge in [0.15, 0.2) is 0 Å². The molecule has 150 valence electrons. The van der Waals surface area contributed by atoms with Crippen molar-refractivity contribution in [1.82, 2.24) is 10.3 Å². The molecule has 6 nitrogen and oxygen atoms in total. The number of anilines is 1. The quantitative estimate of drug-likeness (QED) is 0.580. The molecule has 1 saturated heterocycles. The third-order valence-electron chi connectivity index (χ3n) is 5.13. The van der Waals surface area contributed by atoms with Gasteiger partial charge in [-0.1, -0.05) is 11.6 Å². The minimum atomic E-state index is -1.03. The Morgan fingerprint density at radius 1 is 1.21 bits per heavy atom. The van der Waals surface area contributed by atoms with Crippen LogP contribution >= 0.6 is 11.6 Å². The summed E-state index contributed by atoms with van der Waals surface area (Å²) in [6.07, 6.45) is 1.93. The first-order chi connectivity index (χ1) is 13.9. The molecule has 8 heteroatoms. The van der Waals surface area contributed by atoms with Crippen molar-refractivity contribution in [2.24, 2.45) is 0 Å². The van der Waals surface area contributed by atoms with Gasteiger partial charge in [-0.15, -0.1) is 0 Å². The van der Waals surface area contributed by atoms with Gasteiger partial charge in [-0.3, -0.25) is 4.98 Å². The van der Waals surface area contributed by atoms with Crippen molar-refractivity contribution in [3.8, 4) is 16.9 Å². The lowest BCUT2D eigenvalue weighted by molar-refractivity contribution is 0.187. The van der Waals surface area contributed by atoms with Crippen LogP contribution in [0, 0.1) is 5.82 Å². The monoisotopic (exact) mass is 415 g/mol. The number of phenolic OH excluding ortho intramolecular Hbond substituents is 1. The van der Waals surface area contributed by atoms with E-state index in [2.05, 4.69) is 15.2 Å². The number of hydrogen-bond acceptors (Lipinski definition) is 4. The fourth-order valence-corrected chi connectivity index (χ4v) is 4.03. The third kappa shape index (κ3) is 4.05. The van der Waals surface area contributed by atoms with Crippen molar-refractivity contribution in [2.45, 2.75) is 18.9 Å². The number of amides is 1. The van der Waals surface area contributed by atoms with Gasteiger partial charge in [0.1, 0.15) is 11.6 Å². The maximum atomic E-state index is 14.0. The predicted molar refractivity (Wildman–Crippen MR) is 110 cm³/mol. The summed E-state index contributed by atoms with van der Waals surface area (Å²) in [5, 5.41) is 22.7. The summed E-state index contributed by atoms with van der Waals surface area (Å²) >= 11 is 6.24. The van der Waals surface area contributed by atoms with E-state index in [0.29, 0.717) is 42.1 Å². The Bertz CT molecular complexity index is 1060. The first-order valence-corrected chi connectivity index (χ1v) is 9.61. The Hall–Kier alpha value is -3.06. The zero-order chi connectivity index (χ0) is 20.5. The number of aromatic nitrogens is 1. The van der Waals surface area contributed by atoms with Gasteiger partial charge in [-0.2, -0.15) is 0 Å². The van der Waals surface area contributed by atoms with Crippen molar-refractivity contribution < 1.29 is 19.4 Å². The Balaban J connectivity index is 1.82. The summed E-state index contributed by atoms with van der Waals surface area (Å²) in [5.41, 5.74) is 2.78. The van der Waals surface area contributed by atoms with Gasteiger partial charge in [0.05, 0.1) is 11.2 Å². The van der Waals surface area contributed by atoms with E-state index in [0.717, 1.165) is 22.7 Å². The largest absolute Gasteiger partial charge is 0.508 e. The van der Waals surface area contributed by atoms with E-state index in [4.69, 9.17) is 16.7 Å². The van der Waals surface area contributed by atoms with Gasteiger partial charge >= 0.3 is 6.09 Å². The topological polar surface area (TPSA) is 85.7 Å². The molecule has 3 N–H and O–H groups in total. The van der Waals surface area contributed by atoms with Crippen LogP contribution in [-0.4, -0.2) is 40.4 Å². The molecule has 4 rings (SSSR count). The fraction of sp³-hybridized carbons (Fsp3) is 0.238. The number of carboxylic acid groups (broad SMARTS) is 1. The van der Waals surface area contributed by atoms with E-state index in [1.165, 1.54) is 12.1 Å². The molecule has 29 heavy (non-hydrogen) atoms. The van der Waals surface area contributed by atoms with E-state index < -0.39 is 11.9 Å². The van der Waals surface area contributed by atoms with E-state index in [1.807, 2.05) is 12.1 Å². The van der Waals surface area contributed by atoms with Crippen LogP contribution in [0.3, 0.4) is 0 Å². The number of hydrogen-bond donors (Lipinski definition) is 3. The molecule has 0 saturated carbocycles. The number of pyridine rings is 1. The van der Waals surface area contributed by atoms with E-state index >= 15 is 0 Å². The number of nitrogens with one attached hydrogen (secondary N) is 1. The highest BCUT2D eigenvalue weighted by atomic mass is 35.5. The molecule has 1 aliphatic rings. The van der Waals surface area contributed by atoms with Crippen LogP contribution < -0.4 is 10.2 Å². The van der Waals surface area contributed by atoms with Gasteiger partial charge in [-0.05, 0) is 48.7 Å². The minimum absolute atomic E-state index is 0.109. The number of piperidine rings is 1. The van der Waals surface area contributed by atoms with Crippen molar-refractivity contribution in [3.05, 3.63) is 53.4 Å². The Morgan fingerprint density at radius 3 is 2.66 bits per heavy atom. The highest BCUT2D eigenvalue weighted by Crippen LogP contribution is 2.39. The summed E-state index contributed by atoms with van der Waals surface area (Å²) in [5.74, 6) is -0.706. The number of nitrogens with zero attached hydrogens (tertiary/aromatic N) is 2. The minimum Gasteiger partial charge on any atom is -0.508 e. The van der Waals surface area contributed by atoms with Crippen molar-refractivity contribution in [2.75, 3.05) is 18.0 Å². The van der Waals surface area contributed by atoms with Gasteiger partial charge in [-0.25, -0.2) is 9.18 Å². The van der Waals surface area contributed by atoms with Gasteiger partial charge < -0.3 is 20.4 Å². The lowest BCUT2D eigenvalue weighted by atomic mass is 9.98. The molecule has 0 spiro atoms. The summed E-state index contributed by atoms with van der Waals surface area (Å²) < 4.78 is 14.0. The van der Waals surface area contributed by atoms with Crippen LogP contribution in [0.15, 0.2) is 42.6 Å². The molecule has 2 heterocycles. The number of aromatic hydroxyl groups is 1. The molecule has 0 atom stereocenters. The summed E-state index contributed by atoms with van der Waals surface area (Å²) in [7, 11) is 0. The van der Waals surface area contributed by atoms with Crippen LogP contribution in [0.4, 0.5) is 14.9 Å². The second-order valence-corrected chi connectivity index (χ2v) is 7.53. The van der Waals surface area contributed by atoms with Gasteiger partial charge in [0, 0.05) is 47.4 Å². The molecule has 0 bridgehead atoms. The molecule has 1 fully saturated rings. The number of halogens is 2. The molecule has 2 aromatic carbocycles. The van der Waals surface area contributed by atoms with Crippen LogP contribution in [0.2, 0.25) is 5.02 Å². The number of fused-ring (bicyclic) bond motifs is 1. The second-order valence-electron chi connectivity index (χ2n) is 7.09. The van der Waals surface area contributed by atoms with Gasteiger partial charge in [0.25, 0.3) is 0 Å². The summed E-state index contributed by atoms with van der Waals surface area (Å²) in [6.45, 7) is 1.23. The number of phenols is 1. The molecule has 0 unspecified atom stereocenters. The SMILES string of the molecule is O=C(O)NC1CCN(c2c(-c3cc(O)cc(F)c3)cnc3ccc(Cl)cc23)CC1. The maximum absolute atomic E-state index is 14.0. The zero-order valence-electron chi connectivity index (χ0n) is 15.4. The number of rotatable bonds is 3. The number of carbonyl (C=O) groups is 1. The molecule has 1 aliphatic heterocycles. The lowest BCUT2D eigenvalue weighted by Crippen LogP contribution is -2.44. The average molecular weight is 416 g/mol. The van der Waals surface area contributed by atoms with Crippen LogP contribution in [0.1, 0.15) is 12.8 Å². The van der Waals surface area contributed by atoms with E-state index in [9.17, 15) is 14.3 Å². The second kappa shape index (κ2) is 7.75. The van der Waals surface area contributed by atoms with Crippen LogP contribution in [0.5, 0.6) is 5.75 Å². The smallest absolute Gasteiger partial charge is 0.404 e. The fourth-order valence-electron chi connectivity index (χ4n) is 3.85. The van der Waals surface area contributed by atoms with E-state index in [1.54, 1.807) is 12.3 Å². The van der Waals surface area contributed by atoms with Gasteiger partial charge in [0.2, 0.25) is 0 Å². The lowest BCUT2D eigenvalue weighted by Gasteiger charge is -2.35. The van der Waals surface area contributed by atoms with Crippen molar-refractivity contribution >= 4 is 34.3 Å². The summed E-state index contributed by atoms with van der Waals surface area (Å²) in [6, 6.07) is 9.21. The highest BCUT2D eigenvalue weighted by Gasteiger charge is 2.25. The average Bonchev–Trinajstić information content (AvgIpc) is 2.66. The maximum Gasteiger partial charge on any atom is 0.404 e. The summed E-state index contributed by atoms with van der Waals surface area (Å²) in [4.78, 5) is 17.6. The third-order valence-corrected chi connectivity index (χ3v) is 5.37. The van der Waals surface area contributed by atoms with Crippen LogP contribution in [0.25, 0.3) is 22.0 Å². The molecule has 1 amide bonds. The standard InChI is InChI=1S/C21H19ClFN3O3/c22-13-1-2-19-17(9-13)20(26-5-3-15(4-6-26)25-21(28)29)18(11-24-19)12-7-14(23)10-16(27)8-12/h1-2,7-11,15,25,27H,3-6H2,(H,28,29). The first kappa shape index (κ1) is 19.3. The van der Waals surface area contributed by atoms with Crippen LogP contribution in [-0.2, 0) is 0 Å². The Kier molecular flexibility index (Phi) is 5.15. The molecule has 3 aromatic rings. The number of benzene rings is 2. The molecule has 0 radical (unpaired) electrons. The normalized spacial score (nSPS) is 14.9. The Morgan fingerprint density at radius 2 is 1.97 bits per heavy atom. The Labute approximate surface area is 171 Å². The van der Waals surface area contributed by atoms with Crippen molar-refractivity contribution in [3.63, 3.8) is 0 Å². The highest BCUT2D eigenvalue weighted by molar-refractivity contribution is 6.31. The molecular formula is C21H19ClFN3O3. The molecule has 0 aliphatic carbocycles. The molecule has 1 aromatic heterocycles. The molecular weight excluding hydrogens is 397 g/mol. The first-order valence-electron chi connectivity index (χ1n) is 9.23. The van der Waals surface area contributed by atoms with E-state index in [-0.39, 0.29) is 11.8 Å². The van der Waals surface area contributed by atoms with Crippen molar-refractivity contribution in [1.29, 1.82) is 0 Å². The predicted octanol–water partition coefficient (Wildman–Crippen LogP) is 4.64. The zero-order valence-corrected chi connectivity index (χ0v) is 16.2.